The summed E-state index contributed by atoms with van der Waals surface area (Å²) >= 11 is 0. The van der Waals surface area contributed by atoms with Crippen molar-refractivity contribution < 1.29 is 26.4 Å². The molecule has 0 aromatic heterocycles. The van der Waals surface area contributed by atoms with Gasteiger partial charge >= 0.3 is 22.6 Å². The van der Waals surface area contributed by atoms with Crippen LogP contribution in [0.5, 0.6) is 0 Å². The van der Waals surface area contributed by atoms with Gasteiger partial charge in [-0.05, 0) is 0 Å². The topological polar surface area (TPSA) is 52.9 Å². The van der Waals surface area contributed by atoms with Crippen molar-refractivity contribution in [1.82, 2.24) is 0 Å². The van der Waals surface area contributed by atoms with E-state index in [1.165, 1.54) is 0 Å². The van der Waals surface area contributed by atoms with Gasteiger partial charge in [0.25, 0.3) is 0 Å². The third-order valence-electron chi connectivity index (χ3n) is 3.31. The standard InChI is InChI=1S/3C8H7N.2CO.BrH.Mn/c3*1-9-7-8-5-3-2-4-6-8;2*1-2;;/h3*2-6H,7H2;;;1H;. The number of hydrogen-bond donors (Lipinski definition) is 0. The Morgan fingerprint density at radius 3 is 0.788 bits per heavy atom. The van der Waals surface area contributed by atoms with Crippen molar-refractivity contribution in [3.63, 3.8) is 0 Å². The summed E-state index contributed by atoms with van der Waals surface area (Å²) in [6.07, 6.45) is 0. The van der Waals surface area contributed by atoms with Gasteiger partial charge in [-0.3, -0.25) is 0 Å². The number of rotatable bonds is 3. The number of halogens is 1. The Morgan fingerprint density at radius 2 is 0.636 bits per heavy atom. The molecule has 0 bridgehead atoms. The minimum absolute atomic E-state index is 0. The molecule has 0 atom stereocenters. The average molecular weight is 543 g/mol. The maximum absolute atomic E-state index is 7.50. The maximum Gasteiger partial charge on any atom is 0 e. The van der Waals surface area contributed by atoms with E-state index in [4.69, 9.17) is 29.0 Å². The minimum Gasteiger partial charge on any atom is 0 e. The molecule has 5 nitrogen and oxygen atoms in total. The van der Waals surface area contributed by atoms with E-state index in [0.717, 1.165) is 16.7 Å². The molecule has 0 amide bonds. The second kappa shape index (κ2) is 30.8. The zero-order valence-electron chi connectivity index (χ0n) is 17.7. The van der Waals surface area contributed by atoms with Crippen LogP contribution in [0.3, 0.4) is 0 Å². The fourth-order valence-corrected chi connectivity index (χ4v) is 2.02. The van der Waals surface area contributed by atoms with Crippen LogP contribution in [-0.4, -0.2) is 0 Å². The van der Waals surface area contributed by atoms with Crippen molar-refractivity contribution in [2.45, 2.75) is 19.6 Å². The van der Waals surface area contributed by atoms with E-state index < -0.39 is 0 Å². The van der Waals surface area contributed by atoms with E-state index >= 15 is 0 Å². The Morgan fingerprint density at radius 1 is 0.455 bits per heavy atom. The van der Waals surface area contributed by atoms with E-state index in [1.54, 1.807) is 0 Å². The average Bonchev–Trinajstić information content (AvgIpc) is 2.85. The Bertz CT molecular complexity index is 847. The fraction of sp³-hybridized carbons (Fsp3) is 0.115. The monoisotopic (exact) mass is 542 g/mol. The molecule has 0 spiro atoms. The quantitative estimate of drug-likeness (QED) is 0.198. The van der Waals surface area contributed by atoms with Gasteiger partial charge in [0.1, 0.15) is 0 Å². The second-order valence-electron chi connectivity index (χ2n) is 5.41. The van der Waals surface area contributed by atoms with Gasteiger partial charge in [-0.15, -0.1) is 17.0 Å². The van der Waals surface area contributed by atoms with Crippen LogP contribution in [0, 0.1) is 33.0 Å². The van der Waals surface area contributed by atoms with Crippen LogP contribution in [0.25, 0.3) is 14.5 Å². The molecule has 3 aromatic rings. The van der Waals surface area contributed by atoms with Crippen molar-refractivity contribution in [2.24, 2.45) is 0 Å². The first-order valence-corrected chi connectivity index (χ1v) is 8.82. The normalized spacial score (nSPS) is 6.94. The Labute approximate surface area is 217 Å². The Kier molecular flexibility index (Phi) is 34.5. The summed E-state index contributed by atoms with van der Waals surface area (Å²) in [5.74, 6) is 0. The molecule has 0 saturated heterocycles. The zero-order valence-corrected chi connectivity index (χ0v) is 20.6. The summed E-state index contributed by atoms with van der Waals surface area (Å²) < 4.78 is 15.0. The van der Waals surface area contributed by atoms with E-state index in [1.807, 2.05) is 91.0 Å². The van der Waals surface area contributed by atoms with Gasteiger partial charge in [0, 0.05) is 33.8 Å². The Balaban J connectivity index is -0.000000172. The van der Waals surface area contributed by atoms with Gasteiger partial charge in [-0.2, -0.15) is 0 Å². The molecule has 33 heavy (non-hydrogen) atoms. The molecule has 0 heterocycles. The smallest absolute Gasteiger partial charge is 0 e. The first kappa shape index (κ1) is 37.0. The molecule has 3 aromatic carbocycles. The van der Waals surface area contributed by atoms with E-state index in [-0.39, 0.29) is 34.1 Å². The summed E-state index contributed by atoms with van der Waals surface area (Å²) in [7, 11) is 0. The molecule has 0 N–H and O–H groups in total. The third kappa shape index (κ3) is 23.1. The molecule has 0 fully saturated rings. The summed E-state index contributed by atoms with van der Waals surface area (Å²) in [4.78, 5) is 9.77. The predicted molar refractivity (Wildman–Crippen MR) is 128 cm³/mol. The molecule has 3 rings (SSSR count). The van der Waals surface area contributed by atoms with E-state index in [9.17, 15) is 0 Å². The molecular formula is C26H22BrMnN3O2. The second-order valence-corrected chi connectivity index (χ2v) is 5.41. The van der Waals surface area contributed by atoms with Crippen molar-refractivity contribution >= 4 is 17.0 Å². The van der Waals surface area contributed by atoms with Crippen LogP contribution >= 0.6 is 17.0 Å². The van der Waals surface area contributed by atoms with Crippen LogP contribution in [0.4, 0.5) is 0 Å². The van der Waals surface area contributed by atoms with Crippen molar-refractivity contribution in [2.75, 3.05) is 0 Å². The molecule has 167 valence electrons. The maximum atomic E-state index is 7.50. The van der Waals surface area contributed by atoms with Gasteiger partial charge in [0.15, 0.2) is 0 Å². The van der Waals surface area contributed by atoms with Crippen molar-refractivity contribution in [1.29, 1.82) is 0 Å². The molecule has 0 aliphatic rings. The molecule has 7 heteroatoms. The summed E-state index contributed by atoms with van der Waals surface area (Å²) in [5, 5.41) is 0. The summed E-state index contributed by atoms with van der Waals surface area (Å²) in [5.41, 5.74) is 3.27. The Hall–Kier alpha value is -3.39. The van der Waals surface area contributed by atoms with Gasteiger partial charge in [0.2, 0.25) is 19.6 Å². The van der Waals surface area contributed by atoms with E-state index in [2.05, 4.69) is 27.8 Å². The van der Waals surface area contributed by atoms with Gasteiger partial charge in [-0.25, -0.2) is 19.7 Å². The molecule has 1 radical (unpaired) electrons. The zero-order chi connectivity index (χ0) is 23.6. The first-order valence-electron chi connectivity index (χ1n) is 8.82. The molecule has 0 saturated carbocycles. The van der Waals surface area contributed by atoms with Crippen LogP contribution < -0.4 is 0 Å². The summed E-state index contributed by atoms with van der Waals surface area (Å²) in [6.45, 7) is 30.2. The van der Waals surface area contributed by atoms with Crippen LogP contribution in [0.2, 0.25) is 0 Å². The van der Waals surface area contributed by atoms with Gasteiger partial charge in [-0.1, -0.05) is 91.0 Å². The van der Waals surface area contributed by atoms with Crippen LogP contribution in [-0.2, 0) is 46.0 Å². The number of nitrogens with zero attached hydrogens (tertiary/aromatic N) is 3. The van der Waals surface area contributed by atoms with Crippen LogP contribution in [0.1, 0.15) is 16.7 Å². The third-order valence-corrected chi connectivity index (χ3v) is 3.31. The minimum atomic E-state index is 0. The largest absolute Gasteiger partial charge is 0 e. The van der Waals surface area contributed by atoms with Gasteiger partial charge in [0.05, 0.1) is 0 Å². The molecule has 0 aliphatic carbocycles. The molecule has 0 aliphatic heterocycles. The van der Waals surface area contributed by atoms with Gasteiger partial charge < -0.3 is 14.5 Å². The number of benzene rings is 3. The SMILES string of the molecule is Br.[C-]#[N+]Cc1ccccc1.[C-]#[N+]Cc1ccccc1.[C-]#[N+]Cc1ccccc1.[C-]#[O+].[C-]#[O+].[Mn]. The van der Waals surface area contributed by atoms with Crippen LogP contribution in [0.15, 0.2) is 91.0 Å². The van der Waals surface area contributed by atoms with E-state index in [0.29, 0.717) is 19.6 Å². The summed E-state index contributed by atoms with van der Waals surface area (Å²) in [6, 6.07) is 29.3. The fourth-order valence-electron chi connectivity index (χ4n) is 2.02. The predicted octanol–water partition coefficient (Wildman–Crippen LogP) is 6.82. The molecular weight excluding hydrogens is 521 g/mol. The van der Waals surface area contributed by atoms with Crippen molar-refractivity contribution in [3.05, 3.63) is 155 Å². The number of hydrogen-bond acceptors (Lipinski definition) is 0. The molecule has 0 unspecified atom stereocenters. The van der Waals surface area contributed by atoms with Crippen molar-refractivity contribution in [3.8, 4) is 0 Å². The first-order chi connectivity index (χ1) is 15.3.